The lowest BCUT2D eigenvalue weighted by molar-refractivity contribution is 0.251. The molecule has 0 aliphatic heterocycles. The first kappa shape index (κ1) is 15.2. The third-order valence-corrected chi connectivity index (χ3v) is 5.46. The van der Waals surface area contributed by atoms with E-state index in [1.807, 2.05) is 35.7 Å². The van der Waals surface area contributed by atoms with Gasteiger partial charge >= 0.3 is 6.03 Å². The first-order valence-corrected chi connectivity index (χ1v) is 9.35. The van der Waals surface area contributed by atoms with Gasteiger partial charge in [0.2, 0.25) is 5.13 Å². The van der Waals surface area contributed by atoms with Crippen molar-refractivity contribution in [2.45, 2.75) is 25.3 Å². The van der Waals surface area contributed by atoms with Crippen molar-refractivity contribution in [1.29, 1.82) is 0 Å². The number of carbonyl (C=O) groups is 1. The predicted octanol–water partition coefficient (Wildman–Crippen LogP) is 3.86. The summed E-state index contributed by atoms with van der Waals surface area (Å²) < 4.78 is 0. The Hall–Kier alpha value is -2.32. The van der Waals surface area contributed by atoms with Crippen molar-refractivity contribution in [2.75, 3.05) is 5.32 Å². The second-order valence-electron chi connectivity index (χ2n) is 5.52. The van der Waals surface area contributed by atoms with Gasteiger partial charge in [-0.05, 0) is 12.8 Å². The molecule has 1 saturated carbocycles. The highest BCUT2D eigenvalue weighted by atomic mass is 32.1. The molecule has 0 spiro atoms. The Bertz CT molecular complexity index is 841. The minimum absolute atomic E-state index is 0.287. The van der Waals surface area contributed by atoms with Gasteiger partial charge in [-0.15, -0.1) is 21.5 Å². The molecule has 0 atom stereocenters. The van der Waals surface area contributed by atoms with Crippen molar-refractivity contribution in [3.05, 3.63) is 45.7 Å². The predicted molar refractivity (Wildman–Crippen MR) is 95.3 cm³/mol. The lowest BCUT2D eigenvalue weighted by Crippen LogP contribution is -2.28. The molecule has 3 aromatic rings. The number of nitrogens with zero attached hydrogens (tertiary/aromatic N) is 3. The number of rotatable bonds is 5. The Labute approximate surface area is 147 Å². The molecule has 122 valence electrons. The number of amides is 2. The first-order valence-electron chi connectivity index (χ1n) is 7.66. The van der Waals surface area contributed by atoms with Crippen LogP contribution in [0.3, 0.4) is 0 Å². The van der Waals surface area contributed by atoms with Gasteiger partial charge in [0, 0.05) is 16.9 Å². The Balaban J connectivity index is 1.31. The van der Waals surface area contributed by atoms with Gasteiger partial charge in [-0.3, -0.25) is 5.32 Å². The number of benzene rings is 1. The van der Waals surface area contributed by atoms with Gasteiger partial charge in [0.15, 0.2) is 0 Å². The topological polar surface area (TPSA) is 79.8 Å². The van der Waals surface area contributed by atoms with Crippen LogP contribution in [-0.4, -0.2) is 21.2 Å². The summed E-state index contributed by atoms with van der Waals surface area (Å²) in [5.41, 5.74) is 2.00. The zero-order valence-corrected chi connectivity index (χ0v) is 14.4. The molecule has 1 fully saturated rings. The van der Waals surface area contributed by atoms with E-state index < -0.39 is 0 Å². The Kier molecular flexibility index (Phi) is 4.22. The van der Waals surface area contributed by atoms with Gasteiger partial charge in [0.05, 0.1) is 12.2 Å². The zero-order valence-electron chi connectivity index (χ0n) is 12.7. The van der Waals surface area contributed by atoms with Crippen LogP contribution in [0.15, 0.2) is 35.7 Å². The van der Waals surface area contributed by atoms with Gasteiger partial charge in [-0.1, -0.05) is 41.7 Å². The van der Waals surface area contributed by atoms with Crippen LogP contribution >= 0.6 is 22.7 Å². The summed E-state index contributed by atoms with van der Waals surface area (Å²) in [6.45, 7) is 0.387. The molecular weight excluding hydrogens is 342 g/mol. The lowest BCUT2D eigenvalue weighted by atomic mass is 10.2. The van der Waals surface area contributed by atoms with E-state index in [-0.39, 0.29) is 6.03 Å². The van der Waals surface area contributed by atoms with E-state index in [1.165, 1.54) is 35.5 Å². The highest BCUT2D eigenvalue weighted by Gasteiger charge is 2.27. The van der Waals surface area contributed by atoms with Crippen molar-refractivity contribution in [2.24, 2.45) is 0 Å². The number of nitrogens with one attached hydrogen (secondary N) is 2. The van der Waals surface area contributed by atoms with Crippen molar-refractivity contribution in [1.82, 2.24) is 20.5 Å². The Morgan fingerprint density at radius 1 is 1.21 bits per heavy atom. The molecule has 1 aliphatic rings. The number of carbonyl (C=O) groups excluding carboxylic acids is 1. The van der Waals surface area contributed by atoms with Crippen LogP contribution in [0.2, 0.25) is 0 Å². The van der Waals surface area contributed by atoms with Gasteiger partial charge in [-0.2, -0.15) is 0 Å². The molecule has 24 heavy (non-hydrogen) atoms. The second kappa shape index (κ2) is 6.66. The highest BCUT2D eigenvalue weighted by Crippen LogP contribution is 2.42. The van der Waals surface area contributed by atoms with Gasteiger partial charge in [0.1, 0.15) is 10.0 Å². The van der Waals surface area contributed by atoms with E-state index >= 15 is 0 Å². The third kappa shape index (κ3) is 3.60. The Morgan fingerprint density at radius 3 is 2.83 bits per heavy atom. The van der Waals surface area contributed by atoms with Crippen LogP contribution < -0.4 is 10.6 Å². The van der Waals surface area contributed by atoms with E-state index in [2.05, 4.69) is 25.8 Å². The fourth-order valence-corrected chi connectivity index (χ4v) is 3.86. The molecule has 0 saturated heterocycles. The second-order valence-corrected chi connectivity index (χ2v) is 7.47. The number of aromatic nitrogens is 3. The maximum atomic E-state index is 12.0. The number of urea groups is 1. The van der Waals surface area contributed by atoms with Crippen LogP contribution in [0.5, 0.6) is 0 Å². The average molecular weight is 357 g/mol. The summed E-state index contributed by atoms with van der Waals surface area (Å²) in [4.78, 5) is 16.5. The average Bonchev–Trinajstić information content (AvgIpc) is 3.17. The van der Waals surface area contributed by atoms with Crippen molar-refractivity contribution < 1.29 is 4.79 Å². The van der Waals surface area contributed by atoms with E-state index in [0.29, 0.717) is 17.6 Å². The smallest absolute Gasteiger partial charge is 0.321 e. The van der Waals surface area contributed by atoms with Crippen LogP contribution in [0.4, 0.5) is 9.93 Å². The van der Waals surface area contributed by atoms with Crippen LogP contribution in [0.25, 0.3) is 11.3 Å². The maximum absolute atomic E-state index is 12.0. The fourth-order valence-electron chi connectivity index (χ4n) is 2.21. The summed E-state index contributed by atoms with van der Waals surface area (Å²) in [7, 11) is 0. The summed E-state index contributed by atoms with van der Waals surface area (Å²) in [5.74, 6) is 0.549. The number of thiazole rings is 1. The first-order chi connectivity index (χ1) is 11.8. The summed E-state index contributed by atoms with van der Waals surface area (Å²) in [6, 6.07) is 9.70. The summed E-state index contributed by atoms with van der Waals surface area (Å²) in [5, 5.41) is 18.0. The third-order valence-electron chi connectivity index (χ3n) is 3.61. The summed E-state index contributed by atoms with van der Waals surface area (Å²) in [6.07, 6.45) is 2.35. The molecule has 4 rings (SSSR count). The quantitative estimate of drug-likeness (QED) is 0.727. The fraction of sp³-hybridized carbons (Fsp3) is 0.250. The number of hydrogen-bond acceptors (Lipinski definition) is 6. The van der Waals surface area contributed by atoms with E-state index in [4.69, 9.17) is 0 Å². The molecule has 2 N–H and O–H groups in total. The molecule has 2 aromatic heterocycles. The molecular formula is C16H15N5OS2. The van der Waals surface area contributed by atoms with Crippen molar-refractivity contribution in [3.8, 4) is 11.3 Å². The highest BCUT2D eigenvalue weighted by molar-refractivity contribution is 7.15. The normalized spacial score (nSPS) is 13.7. The minimum atomic E-state index is -0.287. The van der Waals surface area contributed by atoms with E-state index in [9.17, 15) is 4.79 Å². The van der Waals surface area contributed by atoms with Gasteiger partial charge in [-0.25, -0.2) is 9.78 Å². The molecule has 2 heterocycles. The maximum Gasteiger partial charge on any atom is 0.321 e. The molecule has 0 bridgehead atoms. The molecule has 8 heteroatoms. The standard InChI is InChI=1S/C16H15N5OS2/c22-15(19-16-21-20-14(24-16)11-6-7-11)17-8-13-18-12(9-23-13)10-4-2-1-3-5-10/h1-5,9,11H,6-8H2,(H2,17,19,21,22). The van der Waals surface area contributed by atoms with Crippen molar-refractivity contribution >= 4 is 33.8 Å². The van der Waals surface area contributed by atoms with Gasteiger partial charge < -0.3 is 5.32 Å². The molecule has 0 unspecified atom stereocenters. The van der Waals surface area contributed by atoms with Crippen LogP contribution in [0.1, 0.15) is 28.8 Å². The number of anilines is 1. The SMILES string of the molecule is O=C(NCc1nc(-c2ccccc2)cs1)Nc1nnc(C2CC2)s1. The molecule has 2 amide bonds. The van der Waals surface area contributed by atoms with Crippen molar-refractivity contribution in [3.63, 3.8) is 0 Å². The van der Waals surface area contributed by atoms with Crippen LogP contribution in [-0.2, 0) is 6.54 Å². The summed E-state index contributed by atoms with van der Waals surface area (Å²) >= 11 is 2.98. The monoisotopic (exact) mass is 357 g/mol. The largest absolute Gasteiger partial charge is 0.331 e. The molecule has 1 aromatic carbocycles. The van der Waals surface area contributed by atoms with Gasteiger partial charge in [0.25, 0.3) is 0 Å². The minimum Gasteiger partial charge on any atom is -0.331 e. The zero-order chi connectivity index (χ0) is 16.4. The Morgan fingerprint density at radius 2 is 2.04 bits per heavy atom. The molecule has 1 aliphatic carbocycles. The van der Waals surface area contributed by atoms with Crippen LogP contribution in [0, 0.1) is 0 Å². The van der Waals surface area contributed by atoms with E-state index in [0.717, 1.165) is 21.3 Å². The molecule has 6 nitrogen and oxygen atoms in total. The van der Waals surface area contributed by atoms with E-state index in [1.54, 1.807) is 0 Å². The lowest BCUT2D eigenvalue weighted by Gasteiger charge is -2.02. The molecule has 0 radical (unpaired) electrons. The number of hydrogen-bond donors (Lipinski definition) is 2.